The number of methoxy groups -OCH3 is 1. The van der Waals surface area contributed by atoms with E-state index in [2.05, 4.69) is 14.9 Å². The number of benzene rings is 2. The van der Waals surface area contributed by atoms with E-state index in [0.717, 1.165) is 12.1 Å². The minimum absolute atomic E-state index is 0.0902. The van der Waals surface area contributed by atoms with Gasteiger partial charge in [0, 0.05) is 18.1 Å². The van der Waals surface area contributed by atoms with Crippen molar-refractivity contribution in [2.75, 3.05) is 13.7 Å². The van der Waals surface area contributed by atoms with Gasteiger partial charge in [-0.15, -0.1) is 0 Å². The zero-order valence-electron chi connectivity index (χ0n) is 16.1. The van der Waals surface area contributed by atoms with Gasteiger partial charge in [-0.1, -0.05) is 17.3 Å². The maximum atomic E-state index is 13.1. The number of hydrogen-bond donors (Lipinski definition) is 0. The molecule has 0 aliphatic carbocycles. The number of rotatable bonds is 8. The molecular weight excluding hydrogens is 398 g/mol. The van der Waals surface area contributed by atoms with E-state index < -0.39 is 23.6 Å². The number of carbonyl (C=O) groups excluding carboxylic acids is 2. The summed E-state index contributed by atoms with van der Waals surface area (Å²) in [6, 6.07) is 9.12. The third kappa shape index (κ3) is 5.47. The predicted octanol–water partition coefficient (Wildman–Crippen LogP) is 3.98. The lowest BCUT2D eigenvalue weighted by Gasteiger charge is -2.04. The number of aromatic nitrogens is 2. The summed E-state index contributed by atoms with van der Waals surface area (Å²) in [5, 5.41) is 3.91. The SMILES string of the molecule is COC(=O)c1ccc(-c2noc(CCCCOC(=O)c3cc(F)cc(F)c3)n2)cc1. The topological polar surface area (TPSA) is 91.5 Å². The van der Waals surface area contributed by atoms with E-state index in [9.17, 15) is 18.4 Å². The van der Waals surface area contributed by atoms with Crippen molar-refractivity contribution in [2.45, 2.75) is 19.3 Å². The molecule has 0 aliphatic heterocycles. The molecule has 156 valence electrons. The number of carbonyl (C=O) groups is 2. The molecule has 0 spiro atoms. The first-order valence-electron chi connectivity index (χ1n) is 9.11. The third-order valence-corrected chi connectivity index (χ3v) is 4.15. The van der Waals surface area contributed by atoms with Gasteiger partial charge in [0.05, 0.1) is 24.8 Å². The average molecular weight is 416 g/mol. The predicted molar refractivity (Wildman–Crippen MR) is 101 cm³/mol. The fourth-order valence-corrected chi connectivity index (χ4v) is 2.65. The van der Waals surface area contributed by atoms with E-state index in [1.165, 1.54) is 7.11 Å². The van der Waals surface area contributed by atoms with Crippen molar-refractivity contribution in [2.24, 2.45) is 0 Å². The van der Waals surface area contributed by atoms with Crippen molar-refractivity contribution < 1.29 is 32.4 Å². The molecule has 0 radical (unpaired) electrons. The Morgan fingerprint density at radius 2 is 1.67 bits per heavy atom. The molecule has 1 heterocycles. The van der Waals surface area contributed by atoms with E-state index in [4.69, 9.17) is 9.26 Å². The largest absolute Gasteiger partial charge is 0.465 e. The molecule has 3 aromatic rings. The van der Waals surface area contributed by atoms with E-state index >= 15 is 0 Å². The quantitative estimate of drug-likeness (QED) is 0.405. The van der Waals surface area contributed by atoms with E-state index in [0.29, 0.717) is 48.2 Å². The van der Waals surface area contributed by atoms with Crippen LogP contribution in [0, 0.1) is 11.6 Å². The van der Waals surface area contributed by atoms with Gasteiger partial charge in [-0.25, -0.2) is 18.4 Å². The molecule has 0 unspecified atom stereocenters. The van der Waals surface area contributed by atoms with Gasteiger partial charge in [0.2, 0.25) is 11.7 Å². The van der Waals surface area contributed by atoms with Crippen molar-refractivity contribution in [3.8, 4) is 11.4 Å². The summed E-state index contributed by atoms with van der Waals surface area (Å²) in [4.78, 5) is 27.5. The summed E-state index contributed by atoms with van der Waals surface area (Å²) in [6.07, 6.45) is 1.59. The molecule has 0 bridgehead atoms. The summed E-state index contributed by atoms with van der Waals surface area (Å²) in [7, 11) is 1.31. The van der Waals surface area contributed by atoms with Crippen LogP contribution in [0.25, 0.3) is 11.4 Å². The number of nitrogens with zero attached hydrogens (tertiary/aromatic N) is 2. The van der Waals surface area contributed by atoms with Gasteiger partial charge in [0.25, 0.3) is 0 Å². The first kappa shape index (κ1) is 21.1. The maximum Gasteiger partial charge on any atom is 0.338 e. The van der Waals surface area contributed by atoms with E-state index in [-0.39, 0.29) is 12.2 Å². The number of hydrogen-bond acceptors (Lipinski definition) is 7. The number of unbranched alkanes of at least 4 members (excludes halogenated alkanes) is 1. The molecular formula is C21H18F2N2O5. The zero-order valence-corrected chi connectivity index (χ0v) is 16.1. The van der Waals surface area contributed by atoms with Crippen LogP contribution in [0.1, 0.15) is 39.4 Å². The monoisotopic (exact) mass is 416 g/mol. The summed E-state index contributed by atoms with van der Waals surface area (Å²) in [5.74, 6) is -2.09. The highest BCUT2D eigenvalue weighted by molar-refractivity contribution is 5.90. The fourth-order valence-electron chi connectivity index (χ4n) is 2.65. The van der Waals surface area contributed by atoms with Gasteiger partial charge in [-0.3, -0.25) is 0 Å². The van der Waals surface area contributed by atoms with Gasteiger partial charge in [0.15, 0.2) is 0 Å². The molecule has 0 saturated carbocycles. The van der Waals surface area contributed by atoms with Gasteiger partial charge in [-0.05, 0) is 37.1 Å². The van der Waals surface area contributed by atoms with Crippen LogP contribution in [0.4, 0.5) is 8.78 Å². The number of ether oxygens (including phenoxy) is 2. The Morgan fingerprint density at radius 1 is 0.967 bits per heavy atom. The van der Waals surface area contributed by atoms with Gasteiger partial charge < -0.3 is 14.0 Å². The minimum Gasteiger partial charge on any atom is -0.465 e. The Hall–Kier alpha value is -3.62. The van der Waals surface area contributed by atoms with Gasteiger partial charge in [-0.2, -0.15) is 4.98 Å². The van der Waals surface area contributed by atoms with Crippen LogP contribution in [0.5, 0.6) is 0 Å². The summed E-state index contributed by atoms with van der Waals surface area (Å²) < 4.78 is 41.1. The van der Waals surface area contributed by atoms with Crippen molar-refractivity contribution in [3.05, 3.63) is 71.1 Å². The third-order valence-electron chi connectivity index (χ3n) is 4.15. The summed E-state index contributed by atoms with van der Waals surface area (Å²) in [5.41, 5.74) is 0.932. The normalized spacial score (nSPS) is 10.6. The molecule has 7 nitrogen and oxygen atoms in total. The molecule has 0 atom stereocenters. The van der Waals surface area contributed by atoms with Crippen LogP contribution in [0.15, 0.2) is 47.0 Å². The smallest absolute Gasteiger partial charge is 0.338 e. The van der Waals surface area contributed by atoms with E-state index in [1.807, 2.05) is 0 Å². The van der Waals surface area contributed by atoms with Crippen molar-refractivity contribution in [1.82, 2.24) is 10.1 Å². The summed E-state index contributed by atoms with van der Waals surface area (Å²) in [6.45, 7) is 0.0902. The second kappa shape index (κ2) is 9.73. The molecule has 0 amide bonds. The van der Waals surface area contributed by atoms with Crippen molar-refractivity contribution in [3.63, 3.8) is 0 Å². The molecule has 30 heavy (non-hydrogen) atoms. The van der Waals surface area contributed by atoms with Crippen molar-refractivity contribution in [1.29, 1.82) is 0 Å². The standard InChI is InChI=1S/C21H18F2N2O5/c1-28-20(26)14-7-5-13(6-8-14)19-24-18(30-25-19)4-2-3-9-29-21(27)15-10-16(22)12-17(23)11-15/h5-8,10-12H,2-4,9H2,1H3. The van der Waals surface area contributed by atoms with Crippen molar-refractivity contribution >= 4 is 11.9 Å². The number of aryl methyl sites for hydroxylation is 1. The second-order valence-corrected chi connectivity index (χ2v) is 6.33. The molecule has 0 aliphatic rings. The lowest BCUT2D eigenvalue weighted by molar-refractivity contribution is 0.0496. The Balaban J connectivity index is 1.44. The number of halogens is 2. The first-order valence-corrected chi connectivity index (χ1v) is 9.11. The van der Waals surface area contributed by atoms with E-state index in [1.54, 1.807) is 24.3 Å². The van der Waals surface area contributed by atoms with Crippen LogP contribution in [0.3, 0.4) is 0 Å². The molecule has 1 aromatic heterocycles. The molecule has 0 saturated heterocycles. The molecule has 0 fully saturated rings. The average Bonchev–Trinajstić information content (AvgIpc) is 3.21. The van der Waals surface area contributed by atoms with Crippen LogP contribution in [-0.4, -0.2) is 35.8 Å². The highest BCUT2D eigenvalue weighted by atomic mass is 19.1. The highest BCUT2D eigenvalue weighted by Gasteiger charge is 2.12. The van der Waals surface area contributed by atoms with Crippen LogP contribution < -0.4 is 0 Å². The zero-order chi connectivity index (χ0) is 21.5. The molecule has 3 rings (SSSR count). The Bertz CT molecular complexity index is 1010. The summed E-state index contributed by atoms with van der Waals surface area (Å²) >= 11 is 0. The Labute approximate surface area is 170 Å². The van der Waals surface area contributed by atoms with Crippen LogP contribution in [0.2, 0.25) is 0 Å². The Kier molecular flexibility index (Phi) is 6.84. The molecule has 0 N–H and O–H groups in total. The number of esters is 2. The van der Waals surface area contributed by atoms with Crippen LogP contribution in [-0.2, 0) is 15.9 Å². The lowest BCUT2D eigenvalue weighted by Crippen LogP contribution is -2.07. The lowest BCUT2D eigenvalue weighted by atomic mass is 10.1. The second-order valence-electron chi connectivity index (χ2n) is 6.33. The highest BCUT2D eigenvalue weighted by Crippen LogP contribution is 2.18. The molecule has 9 heteroatoms. The van der Waals surface area contributed by atoms with Gasteiger partial charge >= 0.3 is 11.9 Å². The fraction of sp³-hybridized carbons (Fsp3) is 0.238. The molecule has 2 aromatic carbocycles. The van der Waals surface area contributed by atoms with Crippen LogP contribution >= 0.6 is 0 Å². The minimum atomic E-state index is -0.839. The van der Waals surface area contributed by atoms with Gasteiger partial charge in [0.1, 0.15) is 11.6 Å². The first-order chi connectivity index (χ1) is 14.5. The maximum absolute atomic E-state index is 13.1. The Morgan fingerprint density at radius 3 is 2.33 bits per heavy atom.